The summed E-state index contributed by atoms with van der Waals surface area (Å²) in [6.45, 7) is 1.72. The quantitative estimate of drug-likeness (QED) is 0.227. The van der Waals surface area contributed by atoms with Crippen molar-refractivity contribution in [1.82, 2.24) is 30.2 Å². The Morgan fingerprint density at radius 3 is 2.46 bits per heavy atom. The van der Waals surface area contributed by atoms with Gasteiger partial charge in [-0.05, 0) is 41.8 Å². The number of aromatic nitrogens is 4. The number of fused-ring (bicyclic) bond motifs is 2. The zero-order valence-corrected chi connectivity index (χ0v) is 20.4. The number of amides is 3. The van der Waals surface area contributed by atoms with E-state index in [2.05, 4.69) is 31.0 Å². The van der Waals surface area contributed by atoms with Crippen molar-refractivity contribution in [3.63, 3.8) is 0 Å². The van der Waals surface area contributed by atoms with Gasteiger partial charge in [0.15, 0.2) is 6.61 Å². The van der Waals surface area contributed by atoms with Crippen molar-refractivity contribution in [3.05, 3.63) is 86.6 Å². The molecule has 198 valence electrons. The van der Waals surface area contributed by atoms with Crippen LogP contribution < -0.4 is 26.4 Å². The second-order valence-electron chi connectivity index (χ2n) is 8.68. The van der Waals surface area contributed by atoms with Crippen LogP contribution in [0, 0.1) is 6.92 Å². The van der Waals surface area contributed by atoms with E-state index in [1.807, 2.05) is 0 Å². The van der Waals surface area contributed by atoms with Crippen LogP contribution in [0.4, 0.5) is 5.69 Å². The van der Waals surface area contributed by atoms with E-state index in [4.69, 9.17) is 4.74 Å². The van der Waals surface area contributed by atoms with Crippen molar-refractivity contribution < 1.29 is 29.0 Å². The maximum Gasteiger partial charge on any atom is 0.363 e. The van der Waals surface area contributed by atoms with E-state index < -0.39 is 23.5 Å². The largest absolute Gasteiger partial charge is 0.482 e. The topological polar surface area (TPSA) is 197 Å². The lowest BCUT2D eigenvalue weighted by Crippen LogP contribution is -2.29. The summed E-state index contributed by atoms with van der Waals surface area (Å²) in [7, 11) is 0. The number of benzene rings is 2. The van der Waals surface area contributed by atoms with Gasteiger partial charge in [0.25, 0.3) is 23.5 Å². The first-order valence-corrected chi connectivity index (χ1v) is 11.6. The fraction of sp³-hybridized carbons (Fsp3) is 0.160. The number of carboxylic acids is 1. The molecule has 5 rings (SSSR count). The number of carbonyl (C=O) groups is 4. The van der Waals surface area contributed by atoms with Crippen LogP contribution in [0.3, 0.4) is 0 Å². The molecule has 1 aliphatic rings. The van der Waals surface area contributed by atoms with Crippen molar-refractivity contribution in [2.75, 3.05) is 11.9 Å². The number of nitrogens with one attached hydrogen (secondary N) is 4. The van der Waals surface area contributed by atoms with Crippen LogP contribution in [-0.4, -0.2) is 55.0 Å². The zero-order valence-electron chi connectivity index (χ0n) is 20.4. The number of aryl methyl sites for hydroxylation is 1. The summed E-state index contributed by atoms with van der Waals surface area (Å²) in [6, 6.07) is 11.0. The molecule has 2 aromatic carbocycles. The van der Waals surface area contributed by atoms with Crippen LogP contribution >= 0.6 is 0 Å². The molecule has 0 saturated carbocycles. The predicted octanol–water partition coefficient (Wildman–Crippen LogP) is 0.615. The van der Waals surface area contributed by atoms with Crippen LogP contribution in [0.25, 0.3) is 5.78 Å². The van der Waals surface area contributed by atoms with Crippen LogP contribution in [0.15, 0.2) is 47.3 Å². The smallest absolute Gasteiger partial charge is 0.363 e. The van der Waals surface area contributed by atoms with Gasteiger partial charge in [-0.15, -0.1) is 0 Å². The molecule has 39 heavy (non-hydrogen) atoms. The second kappa shape index (κ2) is 10.1. The van der Waals surface area contributed by atoms with E-state index in [1.165, 1.54) is 12.1 Å². The SMILES string of the molecule is Cc1cc(CNC(=O)c2cc(C(=O)NCc3ccc4c(c3)NC(=O)CO4)n3[nH]c(=O)nc3n2)ccc1C(=O)O. The standard InChI is InChI=1S/C25H21N7O7/c1-12-6-13(2-4-15(12)23(36)37)9-26-21(34)17-8-18(32-24(29-17)30-25(38)31-32)22(35)27-10-14-3-5-19-16(7-14)28-20(33)11-39-19/h2-8H,9-11H2,1H3,(H,26,34)(H,27,35)(H,28,33)(H,31,38)(H,36,37). The molecule has 5 N–H and O–H groups in total. The number of aromatic amines is 1. The molecule has 0 bridgehead atoms. The first-order valence-electron chi connectivity index (χ1n) is 11.6. The number of rotatable bonds is 7. The number of aromatic carboxylic acids is 1. The van der Waals surface area contributed by atoms with Crippen LogP contribution in [-0.2, 0) is 17.9 Å². The van der Waals surface area contributed by atoms with Crippen molar-refractivity contribution in [2.45, 2.75) is 20.0 Å². The lowest BCUT2D eigenvalue weighted by Gasteiger charge is -2.18. The molecule has 14 heteroatoms. The average Bonchev–Trinajstić information content (AvgIpc) is 3.29. The Kier molecular flexibility index (Phi) is 6.50. The summed E-state index contributed by atoms with van der Waals surface area (Å²) in [5.41, 5.74) is 1.51. The molecule has 0 saturated heterocycles. The minimum Gasteiger partial charge on any atom is -0.482 e. The number of anilines is 1. The molecular formula is C25H21N7O7. The highest BCUT2D eigenvalue weighted by Gasteiger charge is 2.20. The summed E-state index contributed by atoms with van der Waals surface area (Å²) >= 11 is 0. The third-order valence-electron chi connectivity index (χ3n) is 5.91. The molecule has 3 heterocycles. The summed E-state index contributed by atoms with van der Waals surface area (Å²) in [5.74, 6) is -2.25. The third kappa shape index (κ3) is 5.29. The average molecular weight is 531 g/mol. The van der Waals surface area contributed by atoms with Gasteiger partial charge < -0.3 is 25.8 Å². The molecule has 2 aromatic heterocycles. The zero-order chi connectivity index (χ0) is 27.7. The van der Waals surface area contributed by atoms with Gasteiger partial charge in [-0.25, -0.2) is 24.2 Å². The molecule has 3 amide bonds. The number of nitrogens with zero attached hydrogens (tertiary/aromatic N) is 3. The number of hydrogen-bond donors (Lipinski definition) is 5. The molecule has 0 fully saturated rings. The maximum atomic E-state index is 13.1. The van der Waals surface area contributed by atoms with Gasteiger partial charge in [0.05, 0.1) is 11.3 Å². The van der Waals surface area contributed by atoms with Gasteiger partial charge in [-0.3, -0.25) is 14.4 Å². The lowest BCUT2D eigenvalue weighted by molar-refractivity contribution is -0.118. The maximum absolute atomic E-state index is 13.1. The Labute approximate surface area is 219 Å². The van der Waals surface area contributed by atoms with E-state index in [1.54, 1.807) is 37.3 Å². The van der Waals surface area contributed by atoms with Crippen LogP contribution in [0.2, 0.25) is 0 Å². The summed E-state index contributed by atoms with van der Waals surface area (Å²) < 4.78 is 6.40. The monoisotopic (exact) mass is 531 g/mol. The van der Waals surface area contributed by atoms with Gasteiger partial charge in [0.1, 0.15) is 17.1 Å². The van der Waals surface area contributed by atoms with Crippen LogP contribution in [0.5, 0.6) is 5.75 Å². The number of hydrogen-bond acceptors (Lipinski definition) is 8. The molecular weight excluding hydrogens is 510 g/mol. The number of H-pyrrole nitrogens is 1. The molecule has 14 nitrogen and oxygen atoms in total. The molecule has 0 spiro atoms. The number of carbonyl (C=O) groups excluding carboxylic acids is 3. The normalized spacial score (nSPS) is 12.3. The van der Waals surface area contributed by atoms with Crippen LogP contribution in [0.1, 0.15) is 48.0 Å². The minimum atomic E-state index is -1.05. The van der Waals surface area contributed by atoms with Gasteiger partial charge in [-0.2, -0.15) is 4.98 Å². The highest BCUT2D eigenvalue weighted by Crippen LogP contribution is 2.28. The fourth-order valence-electron chi connectivity index (χ4n) is 4.03. The first kappa shape index (κ1) is 25.1. The van der Waals surface area contributed by atoms with E-state index in [0.717, 1.165) is 4.52 Å². The second-order valence-corrected chi connectivity index (χ2v) is 8.68. The molecule has 1 aliphatic heterocycles. The van der Waals surface area contributed by atoms with Gasteiger partial charge in [-0.1, -0.05) is 18.2 Å². The molecule has 0 atom stereocenters. The van der Waals surface area contributed by atoms with Gasteiger partial charge in [0, 0.05) is 19.2 Å². The summed E-state index contributed by atoms with van der Waals surface area (Å²) in [5, 5.41) is 19.6. The van der Waals surface area contributed by atoms with Crippen molar-refractivity contribution >= 4 is 35.2 Å². The fourth-order valence-corrected chi connectivity index (χ4v) is 4.03. The van der Waals surface area contributed by atoms with Crippen molar-refractivity contribution in [1.29, 1.82) is 0 Å². The Balaban J connectivity index is 1.33. The van der Waals surface area contributed by atoms with E-state index in [-0.39, 0.29) is 48.3 Å². The minimum absolute atomic E-state index is 0.0674. The number of carboxylic acid groups (broad SMARTS) is 1. The van der Waals surface area contributed by atoms with Crippen molar-refractivity contribution in [3.8, 4) is 5.75 Å². The van der Waals surface area contributed by atoms with E-state index in [9.17, 15) is 29.1 Å². The summed E-state index contributed by atoms with van der Waals surface area (Å²) in [6.07, 6.45) is 0. The summed E-state index contributed by atoms with van der Waals surface area (Å²) in [4.78, 5) is 68.4. The Morgan fingerprint density at radius 2 is 1.72 bits per heavy atom. The Hall–Kier alpha value is -5.53. The van der Waals surface area contributed by atoms with Crippen molar-refractivity contribution in [2.24, 2.45) is 0 Å². The number of ether oxygens (including phenoxy) is 1. The predicted molar refractivity (Wildman–Crippen MR) is 135 cm³/mol. The Bertz CT molecular complexity index is 1720. The molecule has 0 aliphatic carbocycles. The van der Waals surface area contributed by atoms with E-state index in [0.29, 0.717) is 28.1 Å². The van der Waals surface area contributed by atoms with Gasteiger partial charge in [0.2, 0.25) is 0 Å². The highest BCUT2D eigenvalue weighted by molar-refractivity contribution is 5.98. The molecule has 0 unspecified atom stereocenters. The molecule has 0 radical (unpaired) electrons. The lowest BCUT2D eigenvalue weighted by atomic mass is 10.1. The third-order valence-corrected chi connectivity index (χ3v) is 5.91. The molecule has 4 aromatic rings. The Morgan fingerprint density at radius 1 is 1.00 bits per heavy atom. The highest BCUT2D eigenvalue weighted by atomic mass is 16.5. The van der Waals surface area contributed by atoms with Gasteiger partial charge >= 0.3 is 11.7 Å². The first-order chi connectivity index (χ1) is 18.7. The van der Waals surface area contributed by atoms with E-state index >= 15 is 0 Å².